The predicted octanol–water partition coefficient (Wildman–Crippen LogP) is 3.46. The van der Waals surface area contributed by atoms with Crippen molar-refractivity contribution < 1.29 is 9.18 Å². The lowest BCUT2D eigenvalue weighted by Gasteiger charge is -2.21. The Bertz CT molecular complexity index is 613. The number of hydrogen-bond acceptors (Lipinski definition) is 2. The summed E-state index contributed by atoms with van der Waals surface area (Å²) in [6, 6.07) is 12.9. The van der Waals surface area contributed by atoms with Crippen LogP contribution in [-0.4, -0.2) is 17.5 Å². The SMILES string of the molecule is CCN(Cc1ccc(N)cc1)C(=O)Nc1cccc(F)c1. The maximum atomic E-state index is 13.1. The van der Waals surface area contributed by atoms with Crippen molar-refractivity contribution in [1.82, 2.24) is 4.90 Å². The van der Waals surface area contributed by atoms with Gasteiger partial charge in [0.2, 0.25) is 0 Å². The Hall–Kier alpha value is -2.56. The van der Waals surface area contributed by atoms with E-state index >= 15 is 0 Å². The zero-order valence-electron chi connectivity index (χ0n) is 11.8. The molecule has 0 atom stereocenters. The Morgan fingerprint density at radius 2 is 1.95 bits per heavy atom. The van der Waals surface area contributed by atoms with Crippen LogP contribution < -0.4 is 11.1 Å². The van der Waals surface area contributed by atoms with Crippen molar-refractivity contribution in [3.63, 3.8) is 0 Å². The van der Waals surface area contributed by atoms with Crippen molar-refractivity contribution in [3.05, 3.63) is 59.9 Å². The van der Waals surface area contributed by atoms with Gasteiger partial charge in [0, 0.05) is 24.5 Å². The number of nitrogens with two attached hydrogens (primary N) is 1. The third-order valence-electron chi connectivity index (χ3n) is 3.10. The third-order valence-corrected chi connectivity index (χ3v) is 3.10. The van der Waals surface area contributed by atoms with Crippen molar-refractivity contribution in [2.24, 2.45) is 0 Å². The number of carbonyl (C=O) groups excluding carboxylic acids is 1. The monoisotopic (exact) mass is 287 g/mol. The molecule has 21 heavy (non-hydrogen) atoms. The molecule has 110 valence electrons. The van der Waals surface area contributed by atoms with E-state index in [9.17, 15) is 9.18 Å². The first kappa shape index (κ1) is 14.8. The van der Waals surface area contributed by atoms with Crippen LogP contribution in [0.25, 0.3) is 0 Å². The second-order valence-corrected chi connectivity index (χ2v) is 4.70. The molecule has 0 saturated carbocycles. The van der Waals surface area contributed by atoms with Crippen LogP contribution >= 0.6 is 0 Å². The lowest BCUT2D eigenvalue weighted by Crippen LogP contribution is -2.34. The Kier molecular flexibility index (Phi) is 4.77. The molecule has 0 heterocycles. The quantitative estimate of drug-likeness (QED) is 0.846. The van der Waals surface area contributed by atoms with Crippen molar-refractivity contribution in [1.29, 1.82) is 0 Å². The Morgan fingerprint density at radius 3 is 2.57 bits per heavy atom. The van der Waals surface area contributed by atoms with Crippen LogP contribution in [0.2, 0.25) is 0 Å². The number of nitrogens with one attached hydrogen (secondary N) is 1. The fraction of sp³-hybridized carbons (Fsp3) is 0.188. The number of hydrogen-bond donors (Lipinski definition) is 2. The molecule has 0 radical (unpaired) electrons. The van der Waals surface area contributed by atoms with E-state index in [0.29, 0.717) is 24.5 Å². The Morgan fingerprint density at radius 1 is 1.24 bits per heavy atom. The highest BCUT2D eigenvalue weighted by Crippen LogP contribution is 2.12. The van der Waals surface area contributed by atoms with E-state index in [0.717, 1.165) is 5.56 Å². The van der Waals surface area contributed by atoms with Gasteiger partial charge in [-0.2, -0.15) is 0 Å². The number of nitrogens with zero attached hydrogens (tertiary/aromatic N) is 1. The first-order chi connectivity index (χ1) is 10.1. The number of rotatable bonds is 4. The van der Waals surface area contributed by atoms with E-state index in [1.54, 1.807) is 29.2 Å². The lowest BCUT2D eigenvalue weighted by atomic mass is 10.2. The maximum absolute atomic E-state index is 13.1. The summed E-state index contributed by atoms with van der Waals surface area (Å²) < 4.78 is 13.1. The van der Waals surface area contributed by atoms with Crippen LogP contribution in [0.5, 0.6) is 0 Å². The average Bonchev–Trinajstić information content (AvgIpc) is 2.46. The number of benzene rings is 2. The smallest absolute Gasteiger partial charge is 0.322 e. The van der Waals surface area contributed by atoms with Crippen molar-refractivity contribution in [3.8, 4) is 0 Å². The van der Waals surface area contributed by atoms with Gasteiger partial charge in [-0.1, -0.05) is 18.2 Å². The molecule has 0 spiro atoms. The highest BCUT2D eigenvalue weighted by atomic mass is 19.1. The largest absolute Gasteiger partial charge is 0.399 e. The van der Waals surface area contributed by atoms with Gasteiger partial charge in [0.1, 0.15) is 5.82 Å². The second-order valence-electron chi connectivity index (χ2n) is 4.70. The molecule has 2 amide bonds. The van der Waals surface area contributed by atoms with Gasteiger partial charge < -0.3 is 16.0 Å². The zero-order valence-corrected chi connectivity index (χ0v) is 11.8. The molecule has 2 aromatic rings. The molecule has 4 nitrogen and oxygen atoms in total. The second kappa shape index (κ2) is 6.74. The number of halogens is 1. The van der Waals surface area contributed by atoms with Gasteiger partial charge in [0.05, 0.1) is 0 Å². The first-order valence-corrected chi connectivity index (χ1v) is 6.74. The lowest BCUT2D eigenvalue weighted by molar-refractivity contribution is 0.212. The molecule has 2 aromatic carbocycles. The van der Waals surface area contributed by atoms with Crippen LogP contribution in [0.3, 0.4) is 0 Å². The minimum absolute atomic E-state index is 0.264. The molecule has 0 aliphatic carbocycles. The third kappa shape index (κ3) is 4.21. The zero-order chi connectivity index (χ0) is 15.2. The van der Waals surface area contributed by atoms with Gasteiger partial charge in [0.15, 0.2) is 0 Å². The van der Waals surface area contributed by atoms with E-state index in [-0.39, 0.29) is 11.8 Å². The minimum atomic E-state index is -0.380. The molecule has 5 heteroatoms. The van der Waals surface area contributed by atoms with Gasteiger partial charge in [-0.3, -0.25) is 0 Å². The summed E-state index contributed by atoms with van der Waals surface area (Å²) in [5, 5.41) is 2.69. The van der Waals surface area contributed by atoms with E-state index in [1.165, 1.54) is 12.1 Å². The molecule has 0 bridgehead atoms. The highest BCUT2D eigenvalue weighted by molar-refractivity contribution is 5.89. The normalized spacial score (nSPS) is 10.2. The molecule has 0 aliphatic heterocycles. The fourth-order valence-electron chi connectivity index (χ4n) is 1.94. The van der Waals surface area contributed by atoms with Crippen LogP contribution in [0.15, 0.2) is 48.5 Å². The Balaban J connectivity index is 2.03. The number of carbonyl (C=O) groups is 1. The van der Waals surface area contributed by atoms with Gasteiger partial charge in [0.25, 0.3) is 0 Å². The molecule has 0 fully saturated rings. The Labute approximate surface area is 123 Å². The van der Waals surface area contributed by atoms with E-state index in [2.05, 4.69) is 5.32 Å². The fourth-order valence-corrected chi connectivity index (χ4v) is 1.94. The highest BCUT2D eigenvalue weighted by Gasteiger charge is 2.12. The van der Waals surface area contributed by atoms with Gasteiger partial charge in [-0.15, -0.1) is 0 Å². The maximum Gasteiger partial charge on any atom is 0.322 e. The van der Waals surface area contributed by atoms with E-state index < -0.39 is 0 Å². The van der Waals surface area contributed by atoms with Crippen LogP contribution in [0, 0.1) is 5.82 Å². The average molecular weight is 287 g/mol. The number of nitrogen functional groups attached to an aromatic ring is 1. The summed E-state index contributed by atoms with van der Waals surface area (Å²) in [7, 11) is 0. The predicted molar refractivity (Wildman–Crippen MR) is 82.4 cm³/mol. The molecular formula is C16H18FN3O. The molecular weight excluding hydrogens is 269 g/mol. The van der Waals surface area contributed by atoms with E-state index in [1.807, 2.05) is 19.1 Å². The molecule has 0 saturated heterocycles. The number of anilines is 2. The van der Waals surface area contributed by atoms with Crippen molar-refractivity contribution >= 4 is 17.4 Å². The minimum Gasteiger partial charge on any atom is -0.399 e. The summed E-state index contributed by atoms with van der Waals surface area (Å²) in [4.78, 5) is 13.8. The summed E-state index contributed by atoms with van der Waals surface area (Å²) in [6.45, 7) is 2.91. The molecule has 0 unspecified atom stereocenters. The molecule has 0 aliphatic rings. The standard InChI is InChI=1S/C16H18FN3O/c1-2-20(11-12-6-8-14(18)9-7-12)16(21)19-15-5-3-4-13(17)10-15/h3-10H,2,11,18H2,1H3,(H,19,21). The van der Waals surface area contributed by atoms with Crippen LogP contribution in [-0.2, 0) is 6.54 Å². The topological polar surface area (TPSA) is 58.4 Å². The van der Waals surface area contributed by atoms with E-state index in [4.69, 9.17) is 5.73 Å². The van der Waals surface area contributed by atoms with Crippen molar-refractivity contribution in [2.45, 2.75) is 13.5 Å². The summed E-state index contributed by atoms with van der Waals surface area (Å²) >= 11 is 0. The summed E-state index contributed by atoms with van der Waals surface area (Å²) in [5.74, 6) is -0.380. The van der Waals surface area contributed by atoms with Gasteiger partial charge in [-0.05, 0) is 42.8 Å². The van der Waals surface area contributed by atoms with Gasteiger partial charge in [-0.25, -0.2) is 9.18 Å². The first-order valence-electron chi connectivity index (χ1n) is 6.74. The number of amides is 2. The molecule has 2 rings (SSSR count). The van der Waals surface area contributed by atoms with Crippen molar-refractivity contribution in [2.75, 3.05) is 17.6 Å². The van der Waals surface area contributed by atoms with Crippen LogP contribution in [0.1, 0.15) is 12.5 Å². The van der Waals surface area contributed by atoms with Crippen LogP contribution in [0.4, 0.5) is 20.6 Å². The molecule has 3 N–H and O–H groups in total. The van der Waals surface area contributed by atoms with Gasteiger partial charge >= 0.3 is 6.03 Å². The number of urea groups is 1. The molecule has 0 aromatic heterocycles. The summed E-state index contributed by atoms with van der Waals surface area (Å²) in [5.41, 5.74) is 7.75. The summed E-state index contributed by atoms with van der Waals surface area (Å²) in [6.07, 6.45) is 0.